The van der Waals surface area contributed by atoms with Crippen molar-refractivity contribution in [2.45, 2.75) is 31.8 Å². The third kappa shape index (κ3) is 1.48. The van der Waals surface area contributed by atoms with Gasteiger partial charge in [0.2, 0.25) is 0 Å². The largest absolute Gasteiger partial charge is 0.311 e. The Morgan fingerprint density at radius 1 is 1.47 bits per heavy atom. The summed E-state index contributed by atoms with van der Waals surface area (Å²) in [4.78, 5) is 2.43. The van der Waals surface area contributed by atoms with Crippen LogP contribution in [-0.4, -0.2) is 35.2 Å². The summed E-state index contributed by atoms with van der Waals surface area (Å²) in [5.74, 6) is 0. The van der Waals surface area contributed by atoms with Crippen molar-refractivity contribution in [1.82, 2.24) is 20.4 Å². The van der Waals surface area contributed by atoms with E-state index in [2.05, 4.69) is 27.5 Å². The number of rotatable bonds is 1. The van der Waals surface area contributed by atoms with Crippen LogP contribution in [0.25, 0.3) is 0 Å². The quantitative estimate of drug-likeness (QED) is 0.715. The van der Waals surface area contributed by atoms with Crippen molar-refractivity contribution in [2.24, 2.45) is 0 Å². The lowest BCUT2D eigenvalue weighted by Crippen LogP contribution is -2.25. The zero-order chi connectivity index (χ0) is 10.3. The summed E-state index contributed by atoms with van der Waals surface area (Å²) in [7, 11) is 2.21. The number of hydrogen-bond acceptors (Lipinski definition) is 3. The summed E-state index contributed by atoms with van der Waals surface area (Å²) < 4.78 is 0. The van der Waals surface area contributed by atoms with Crippen LogP contribution in [0.3, 0.4) is 0 Å². The van der Waals surface area contributed by atoms with E-state index in [1.165, 1.54) is 36.3 Å². The van der Waals surface area contributed by atoms with E-state index in [-0.39, 0.29) is 0 Å². The van der Waals surface area contributed by atoms with Gasteiger partial charge < -0.3 is 5.32 Å². The number of fused-ring (bicyclic) bond motifs is 1. The highest BCUT2D eigenvalue weighted by molar-refractivity contribution is 5.30. The molecule has 1 unspecified atom stereocenters. The fourth-order valence-electron chi connectivity index (χ4n) is 2.80. The van der Waals surface area contributed by atoms with Crippen LogP contribution in [0.2, 0.25) is 0 Å². The van der Waals surface area contributed by atoms with Crippen LogP contribution in [-0.2, 0) is 13.0 Å². The predicted molar refractivity (Wildman–Crippen MR) is 58.6 cm³/mol. The highest BCUT2D eigenvalue weighted by atomic mass is 15.2. The average Bonchev–Trinajstić information content (AvgIpc) is 2.83. The Morgan fingerprint density at radius 2 is 2.40 bits per heavy atom. The summed E-state index contributed by atoms with van der Waals surface area (Å²) in [5, 5.41) is 11.1. The van der Waals surface area contributed by atoms with Gasteiger partial charge in [-0.3, -0.25) is 10.00 Å². The number of nitrogens with one attached hydrogen (secondary N) is 2. The van der Waals surface area contributed by atoms with Gasteiger partial charge in [0, 0.05) is 12.1 Å². The van der Waals surface area contributed by atoms with Crippen molar-refractivity contribution in [2.75, 3.05) is 20.1 Å². The zero-order valence-corrected chi connectivity index (χ0v) is 9.21. The molecule has 4 heteroatoms. The Labute approximate surface area is 90.0 Å². The van der Waals surface area contributed by atoms with Crippen molar-refractivity contribution >= 4 is 0 Å². The van der Waals surface area contributed by atoms with Gasteiger partial charge in [0.15, 0.2) is 0 Å². The molecule has 1 aromatic rings. The Bertz CT molecular complexity index is 357. The second-order valence-electron chi connectivity index (χ2n) is 4.63. The number of likely N-dealkylation sites (tertiary alicyclic amines) is 1. The smallest absolute Gasteiger partial charge is 0.0829 e. The molecule has 0 aromatic carbocycles. The molecular formula is C11H18N4. The molecule has 1 saturated heterocycles. The second kappa shape index (κ2) is 3.61. The summed E-state index contributed by atoms with van der Waals surface area (Å²) in [5.41, 5.74) is 4.09. The molecule has 2 N–H and O–H groups in total. The molecule has 82 valence electrons. The molecule has 2 aliphatic heterocycles. The molecule has 1 fully saturated rings. The maximum Gasteiger partial charge on any atom is 0.0829 e. The third-order valence-corrected chi connectivity index (χ3v) is 3.67. The van der Waals surface area contributed by atoms with Crippen molar-refractivity contribution in [3.05, 3.63) is 17.0 Å². The Hall–Kier alpha value is -0.870. The van der Waals surface area contributed by atoms with Gasteiger partial charge in [-0.25, -0.2) is 0 Å². The van der Waals surface area contributed by atoms with Crippen LogP contribution in [0, 0.1) is 0 Å². The van der Waals surface area contributed by atoms with Gasteiger partial charge in [-0.1, -0.05) is 0 Å². The lowest BCUT2D eigenvalue weighted by molar-refractivity contribution is 0.310. The molecule has 0 amide bonds. The van der Waals surface area contributed by atoms with Gasteiger partial charge in [-0.15, -0.1) is 0 Å². The maximum atomic E-state index is 4.52. The number of nitrogens with zero attached hydrogens (tertiary/aromatic N) is 2. The monoisotopic (exact) mass is 206 g/mol. The topological polar surface area (TPSA) is 44.0 Å². The van der Waals surface area contributed by atoms with Crippen molar-refractivity contribution in [3.63, 3.8) is 0 Å². The van der Waals surface area contributed by atoms with Crippen LogP contribution in [0.15, 0.2) is 0 Å². The van der Waals surface area contributed by atoms with E-state index in [0.29, 0.717) is 6.04 Å². The van der Waals surface area contributed by atoms with Crippen LogP contribution in [0.4, 0.5) is 0 Å². The standard InChI is InChI=1S/C11H18N4/c1-15-6-2-3-10(15)11-8-4-5-12-7-9(8)13-14-11/h10,12H,2-7H2,1H3,(H,13,14). The normalized spacial score (nSPS) is 26.9. The van der Waals surface area contributed by atoms with Gasteiger partial charge in [0.25, 0.3) is 0 Å². The molecule has 1 aromatic heterocycles. The van der Waals surface area contributed by atoms with E-state index in [1.807, 2.05) is 0 Å². The van der Waals surface area contributed by atoms with Gasteiger partial charge in [-0.2, -0.15) is 5.10 Å². The summed E-state index contributed by atoms with van der Waals surface area (Å²) in [6.07, 6.45) is 3.70. The van der Waals surface area contributed by atoms with E-state index < -0.39 is 0 Å². The molecule has 2 aliphatic rings. The highest BCUT2D eigenvalue weighted by Crippen LogP contribution is 2.32. The van der Waals surface area contributed by atoms with Gasteiger partial charge in [0.1, 0.15) is 0 Å². The zero-order valence-electron chi connectivity index (χ0n) is 9.21. The highest BCUT2D eigenvalue weighted by Gasteiger charge is 2.28. The lowest BCUT2D eigenvalue weighted by atomic mass is 10.0. The molecule has 0 aliphatic carbocycles. The lowest BCUT2D eigenvalue weighted by Gasteiger charge is -2.20. The maximum absolute atomic E-state index is 4.52. The Morgan fingerprint density at radius 3 is 3.20 bits per heavy atom. The minimum atomic E-state index is 0.558. The summed E-state index contributed by atoms with van der Waals surface area (Å²) >= 11 is 0. The molecule has 0 bridgehead atoms. The molecule has 15 heavy (non-hydrogen) atoms. The summed E-state index contributed by atoms with van der Waals surface area (Å²) in [6, 6.07) is 0.558. The molecule has 4 nitrogen and oxygen atoms in total. The van der Waals surface area contributed by atoms with Crippen LogP contribution >= 0.6 is 0 Å². The van der Waals surface area contributed by atoms with E-state index in [9.17, 15) is 0 Å². The second-order valence-corrected chi connectivity index (χ2v) is 4.63. The van der Waals surface area contributed by atoms with Crippen molar-refractivity contribution < 1.29 is 0 Å². The first-order chi connectivity index (χ1) is 7.36. The summed E-state index contributed by atoms with van der Waals surface area (Å²) in [6.45, 7) is 3.26. The molecule has 3 heterocycles. The predicted octanol–water partition coefficient (Wildman–Crippen LogP) is 0.822. The molecule has 0 saturated carbocycles. The molecule has 1 atom stereocenters. The first-order valence-electron chi connectivity index (χ1n) is 5.83. The molecular weight excluding hydrogens is 188 g/mol. The number of aromatic amines is 1. The first-order valence-corrected chi connectivity index (χ1v) is 5.83. The van der Waals surface area contributed by atoms with Gasteiger partial charge >= 0.3 is 0 Å². The van der Waals surface area contributed by atoms with Crippen molar-refractivity contribution in [1.29, 1.82) is 0 Å². The third-order valence-electron chi connectivity index (χ3n) is 3.67. The van der Waals surface area contributed by atoms with Crippen molar-refractivity contribution in [3.8, 4) is 0 Å². The minimum Gasteiger partial charge on any atom is -0.311 e. The van der Waals surface area contributed by atoms with E-state index in [0.717, 1.165) is 19.5 Å². The molecule has 0 radical (unpaired) electrons. The van der Waals surface area contributed by atoms with E-state index in [1.54, 1.807) is 0 Å². The minimum absolute atomic E-state index is 0.558. The first kappa shape index (κ1) is 9.36. The number of aromatic nitrogens is 2. The fraction of sp³-hybridized carbons (Fsp3) is 0.727. The molecule has 3 rings (SSSR count). The number of hydrogen-bond donors (Lipinski definition) is 2. The van der Waals surface area contributed by atoms with E-state index >= 15 is 0 Å². The number of H-pyrrole nitrogens is 1. The Kier molecular flexibility index (Phi) is 2.25. The van der Waals surface area contributed by atoms with Crippen LogP contribution < -0.4 is 5.32 Å². The van der Waals surface area contributed by atoms with Crippen LogP contribution in [0.1, 0.15) is 35.8 Å². The SMILES string of the molecule is CN1CCCC1c1n[nH]c2c1CCNC2. The van der Waals surface area contributed by atoms with Gasteiger partial charge in [0.05, 0.1) is 17.4 Å². The van der Waals surface area contributed by atoms with Gasteiger partial charge in [-0.05, 0) is 39.4 Å². The molecule has 0 spiro atoms. The average molecular weight is 206 g/mol. The Balaban J connectivity index is 1.94. The fourth-order valence-corrected chi connectivity index (χ4v) is 2.80. The van der Waals surface area contributed by atoms with E-state index in [4.69, 9.17) is 0 Å². The van der Waals surface area contributed by atoms with Crippen LogP contribution in [0.5, 0.6) is 0 Å².